The van der Waals surface area contributed by atoms with E-state index in [-0.39, 0.29) is 0 Å². The van der Waals surface area contributed by atoms with Gasteiger partial charge in [-0.05, 0) is 34.2 Å². The third-order valence-corrected chi connectivity index (χ3v) is 2.36. The van der Waals surface area contributed by atoms with Gasteiger partial charge in [-0.25, -0.2) is 0 Å². The summed E-state index contributed by atoms with van der Waals surface area (Å²) in [5.41, 5.74) is 0. The molecule has 1 N–H and O–H groups in total. The molecule has 0 radical (unpaired) electrons. The molecule has 0 aromatic rings. The second-order valence-corrected chi connectivity index (χ2v) is 5.49. The first-order valence-corrected chi connectivity index (χ1v) is 6.74. The number of rotatable bonds is 5. The number of hydrogen-bond donors (Lipinski definition) is 1. The van der Waals surface area contributed by atoms with Crippen LogP contribution in [0.2, 0.25) is 0 Å². The molecule has 0 spiro atoms. The first-order valence-electron chi connectivity index (χ1n) is 6.74. The summed E-state index contributed by atoms with van der Waals surface area (Å²) in [6.45, 7) is 20.9. The molecular weight excluding hydrogens is 196 g/mol. The fourth-order valence-corrected chi connectivity index (χ4v) is 1.99. The highest BCUT2D eigenvalue weighted by Crippen LogP contribution is 2.02. The maximum absolute atomic E-state index is 3.31. The lowest BCUT2D eigenvalue weighted by Crippen LogP contribution is -2.36. The van der Waals surface area contributed by atoms with Crippen LogP contribution in [0.3, 0.4) is 0 Å². The highest BCUT2D eigenvalue weighted by atomic mass is 15.2. The molecule has 0 bridgehead atoms. The fraction of sp³-hybridized carbons (Fsp3) is 1.00. The van der Waals surface area contributed by atoms with Crippen molar-refractivity contribution in [2.45, 2.75) is 86.5 Å². The molecule has 0 aliphatic carbocycles. The van der Waals surface area contributed by atoms with E-state index >= 15 is 0 Å². The van der Waals surface area contributed by atoms with E-state index < -0.39 is 0 Å². The summed E-state index contributed by atoms with van der Waals surface area (Å²) in [6, 6.07) is 2.63. The van der Waals surface area contributed by atoms with Gasteiger partial charge in [0.2, 0.25) is 0 Å². The number of hydrogen-bond acceptors (Lipinski definition) is 2. The molecule has 0 heterocycles. The highest BCUT2D eigenvalue weighted by molar-refractivity contribution is 4.64. The summed E-state index contributed by atoms with van der Waals surface area (Å²) in [7, 11) is 0. The van der Waals surface area contributed by atoms with Crippen LogP contribution in [0.5, 0.6) is 0 Å². The summed E-state index contributed by atoms with van der Waals surface area (Å²) in [5, 5.41) is 3.31. The smallest absolute Gasteiger partial charge is 0.00411 e. The lowest BCUT2D eigenvalue weighted by Gasteiger charge is -2.28. The van der Waals surface area contributed by atoms with Gasteiger partial charge in [0.15, 0.2) is 0 Å². The highest BCUT2D eigenvalue weighted by Gasteiger charge is 2.08. The Morgan fingerprint density at radius 3 is 1.06 bits per heavy atom. The molecule has 2 heteroatoms. The van der Waals surface area contributed by atoms with Gasteiger partial charge < -0.3 is 5.32 Å². The Labute approximate surface area is 104 Å². The van der Waals surface area contributed by atoms with Crippen molar-refractivity contribution in [2.75, 3.05) is 6.54 Å². The minimum atomic E-state index is 0.625. The molecule has 0 amide bonds. The number of nitrogens with one attached hydrogen (secondary N) is 1. The van der Waals surface area contributed by atoms with Gasteiger partial charge in [0.25, 0.3) is 0 Å². The van der Waals surface area contributed by atoms with E-state index in [0.29, 0.717) is 24.2 Å². The normalized spacial score (nSPS) is 11.6. The predicted molar refractivity (Wildman–Crippen MR) is 76.1 cm³/mol. The van der Waals surface area contributed by atoms with Gasteiger partial charge in [0.05, 0.1) is 0 Å². The quantitative estimate of drug-likeness (QED) is 0.777. The Balaban J connectivity index is 0. The van der Waals surface area contributed by atoms with Gasteiger partial charge in [-0.2, -0.15) is 0 Å². The van der Waals surface area contributed by atoms with Gasteiger partial charge in [-0.15, -0.1) is 0 Å². The molecule has 0 saturated carbocycles. The van der Waals surface area contributed by atoms with Gasteiger partial charge >= 0.3 is 0 Å². The predicted octanol–water partition coefficient (Wildman–Crippen LogP) is 3.52. The van der Waals surface area contributed by atoms with Gasteiger partial charge in [0, 0.05) is 24.2 Å². The summed E-state index contributed by atoms with van der Waals surface area (Å²) < 4.78 is 0. The van der Waals surface area contributed by atoms with E-state index in [4.69, 9.17) is 0 Å². The van der Waals surface area contributed by atoms with Crippen LogP contribution in [0.1, 0.15) is 62.3 Å². The zero-order chi connectivity index (χ0) is 13.3. The monoisotopic (exact) mass is 230 g/mol. The minimum absolute atomic E-state index is 0.625. The first-order chi connectivity index (χ1) is 7.22. The molecule has 100 valence electrons. The fourth-order valence-electron chi connectivity index (χ4n) is 1.99. The second kappa shape index (κ2) is 10.1. The van der Waals surface area contributed by atoms with Crippen molar-refractivity contribution >= 4 is 0 Å². The van der Waals surface area contributed by atoms with Gasteiger partial charge in [-0.3, -0.25) is 4.90 Å². The summed E-state index contributed by atoms with van der Waals surface area (Å²) in [5.74, 6) is 0. The molecule has 0 aliphatic heterocycles. The van der Waals surface area contributed by atoms with E-state index in [2.05, 4.69) is 72.5 Å². The SMILES string of the molecule is CC(C)NC(C)C.CCN(C(C)C)C(C)C. The zero-order valence-electron chi connectivity index (χ0n) is 13.0. The van der Waals surface area contributed by atoms with E-state index in [9.17, 15) is 0 Å². The largest absolute Gasteiger partial charge is 0.312 e. The van der Waals surface area contributed by atoms with Crippen molar-refractivity contribution in [3.05, 3.63) is 0 Å². The topological polar surface area (TPSA) is 15.3 Å². The van der Waals surface area contributed by atoms with Gasteiger partial charge in [0.1, 0.15) is 0 Å². The van der Waals surface area contributed by atoms with E-state index in [1.807, 2.05) is 0 Å². The van der Waals surface area contributed by atoms with Crippen molar-refractivity contribution in [3.63, 3.8) is 0 Å². The maximum atomic E-state index is 3.31. The van der Waals surface area contributed by atoms with E-state index in [0.717, 1.165) is 6.54 Å². The van der Waals surface area contributed by atoms with Crippen molar-refractivity contribution < 1.29 is 0 Å². The minimum Gasteiger partial charge on any atom is -0.312 e. The molecule has 0 fully saturated rings. The van der Waals surface area contributed by atoms with Crippen molar-refractivity contribution in [1.29, 1.82) is 0 Å². The Kier molecular flexibility index (Phi) is 11.5. The lowest BCUT2D eigenvalue weighted by molar-refractivity contribution is 0.185. The Morgan fingerprint density at radius 2 is 1.06 bits per heavy atom. The van der Waals surface area contributed by atoms with Crippen LogP contribution in [0.4, 0.5) is 0 Å². The standard InChI is InChI=1S/C8H19N.C6H15N/c1-6-9(7(2)3)8(4)5;1-5(2)7-6(3)4/h7-8H,6H2,1-5H3;5-7H,1-4H3. The molecule has 0 aromatic heterocycles. The van der Waals surface area contributed by atoms with Crippen LogP contribution in [-0.2, 0) is 0 Å². The summed E-state index contributed by atoms with van der Waals surface area (Å²) in [4.78, 5) is 2.46. The molecule has 0 rings (SSSR count). The van der Waals surface area contributed by atoms with Crippen molar-refractivity contribution in [3.8, 4) is 0 Å². The second-order valence-electron chi connectivity index (χ2n) is 5.49. The average Bonchev–Trinajstić information content (AvgIpc) is 2.01. The number of nitrogens with zero attached hydrogens (tertiary/aromatic N) is 1. The maximum Gasteiger partial charge on any atom is 0.00411 e. The first kappa shape index (κ1) is 18.3. The molecule has 0 aromatic carbocycles. The molecular formula is C14H34N2. The van der Waals surface area contributed by atoms with Crippen LogP contribution >= 0.6 is 0 Å². The Bertz CT molecular complexity index is 126. The molecule has 2 nitrogen and oxygen atoms in total. The van der Waals surface area contributed by atoms with E-state index in [1.165, 1.54) is 0 Å². The van der Waals surface area contributed by atoms with Crippen LogP contribution in [0.15, 0.2) is 0 Å². The Morgan fingerprint density at radius 1 is 0.750 bits per heavy atom. The van der Waals surface area contributed by atoms with Crippen LogP contribution in [0.25, 0.3) is 0 Å². The molecule has 0 aliphatic rings. The zero-order valence-corrected chi connectivity index (χ0v) is 13.0. The lowest BCUT2D eigenvalue weighted by atomic mass is 10.2. The van der Waals surface area contributed by atoms with Crippen molar-refractivity contribution in [1.82, 2.24) is 10.2 Å². The summed E-state index contributed by atoms with van der Waals surface area (Å²) >= 11 is 0. The molecule has 16 heavy (non-hydrogen) atoms. The third kappa shape index (κ3) is 12.0. The van der Waals surface area contributed by atoms with Crippen molar-refractivity contribution in [2.24, 2.45) is 0 Å². The summed E-state index contributed by atoms with van der Waals surface area (Å²) in [6.07, 6.45) is 0. The Hall–Kier alpha value is -0.0800. The van der Waals surface area contributed by atoms with Crippen LogP contribution in [0, 0.1) is 0 Å². The van der Waals surface area contributed by atoms with E-state index in [1.54, 1.807) is 0 Å². The van der Waals surface area contributed by atoms with Gasteiger partial charge in [-0.1, -0.05) is 34.6 Å². The molecule has 0 saturated heterocycles. The average molecular weight is 230 g/mol. The molecule has 0 atom stereocenters. The van der Waals surface area contributed by atoms with Crippen LogP contribution < -0.4 is 5.32 Å². The van der Waals surface area contributed by atoms with Crippen LogP contribution in [-0.4, -0.2) is 35.6 Å². The molecule has 0 unspecified atom stereocenters. The third-order valence-electron chi connectivity index (χ3n) is 2.36.